The fraction of sp³-hybridized carbons (Fsp3) is 0.440. The van der Waals surface area contributed by atoms with Crippen molar-refractivity contribution in [3.63, 3.8) is 0 Å². The topological polar surface area (TPSA) is 85.8 Å². The average Bonchev–Trinajstić information content (AvgIpc) is 2.77. The van der Waals surface area contributed by atoms with Gasteiger partial charge in [-0.3, -0.25) is 14.6 Å². The number of carbonyl (C=O) groups is 3. The van der Waals surface area contributed by atoms with Gasteiger partial charge < -0.3 is 14.4 Å². The summed E-state index contributed by atoms with van der Waals surface area (Å²) < 4.78 is 10.4. The van der Waals surface area contributed by atoms with Gasteiger partial charge >= 0.3 is 11.9 Å². The molecule has 0 saturated carbocycles. The van der Waals surface area contributed by atoms with Crippen LogP contribution in [-0.4, -0.2) is 44.1 Å². The lowest BCUT2D eigenvalue weighted by Gasteiger charge is -2.23. The number of benzene rings is 1. The van der Waals surface area contributed by atoms with Crippen LogP contribution < -0.4 is 4.90 Å². The Morgan fingerprint density at radius 2 is 1.82 bits per heavy atom. The largest absolute Gasteiger partial charge is 0.466 e. The van der Waals surface area contributed by atoms with Crippen LogP contribution in [0, 0.1) is 0 Å². The van der Waals surface area contributed by atoms with Gasteiger partial charge in [0.15, 0.2) is 0 Å². The molecule has 0 fully saturated rings. The standard InChI is InChI=1S/C25H34N2O5Si/c1-5-31-24(29)13-7-12-23(28)27(22-11-8-14-26-18-22)19-20-9-6-10-21(17-20)25(30)32-15-16-33(2,3)4/h6,8-11,14,17-18H,5,7,12-13,15-16,19H2,1-4H3. The Balaban J connectivity index is 2.08. The minimum Gasteiger partial charge on any atom is -0.466 e. The van der Waals surface area contributed by atoms with Crippen LogP contribution in [0.4, 0.5) is 5.69 Å². The van der Waals surface area contributed by atoms with Gasteiger partial charge in [-0.25, -0.2) is 4.79 Å². The molecule has 0 atom stereocenters. The van der Waals surface area contributed by atoms with Crippen molar-refractivity contribution in [2.45, 2.75) is 58.4 Å². The van der Waals surface area contributed by atoms with E-state index in [0.29, 0.717) is 30.9 Å². The van der Waals surface area contributed by atoms with Gasteiger partial charge in [0, 0.05) is 27.1 Å². The summed E-state index contributed by atoms with van der Waals surface area (Å²) in [7, 11) is -1.29. The highest BCUT2D eigenvalue weighted by atomic mass is 28.3. The van der Waals surface area contributed by atoms with Crippen LogP contribution in [0.25, 0.3) is 0 Å². The zero-order valence-corrected chi connectivity index (χ0v) is 21.0. The number of nitrogens with zero attached hydrogens (tertiary/aromatic N) is 2. The van der Waals surface area contributed by atoms with Gasteiger partial charge in [-0.2, -0.15) is 0 Å². The van der Waals surface area contributed by atoms with E-state index >= 15 is 0 Å². The molecule has 33 heavy (non-hydrogen) atoms. The zero-order chi connectivity index (χ0) is 24.3. The molecule has 0 saturated heterocycles. The second-order valence-electron chi connectivity index (χ2n) is 9.00. The third-order valence-corrected chi connectivity index (χ3v) is 6.63. The lowest BCUT2D eigenvalue weighted by Crippen LogP contribution is -2.30. The molecule has 0 spiro atoms. The molecule has 0 aliphatic rings. The first-order valence-electron chi connectivity index (χ1n) is 11.3. The van der Waals surface area contributed by atoms with Crippen LogP contribution in [0.5, 0.6) is 0 Å². The monoisotopic (exact) mass is 470 g/mol. The van der Waals surface area contributed by atoms with Crippen molar-refractivity contribution < 1.29 is 23.9 Å². The van der Waals surface area contributed by atoms with Crippen LogP contribution in [0.1, 0.15) is 42.1 Å². The predicted molar refractivity (Wildman–Crippen MR) is 131 cm³/mol. The minimum absolute atomic E-state index is 0.129. The number of esters is 2. The number of pyridine rings is 1. The summed E-state index contributed by atoms with van der Waals surface area (Å²) in [4.78, 5) is 42.8. The minimum atomic E-state index is -1.29. The number of rotatable bonds is 12. The summed E-state index contributed by atoms with van der Waals surface area (Å²) in [5, 5.41) is 0. The summed E-state index contributed by atoms with van der Waals surface area (Å²) in [5.41, 5.74) is 1.92. The van der Waals surface area contributed by atoms with Crippen molar-refractivity contribution in [3.05, 3.63) is 59.9 Å². The molecule has 0 aliphatic carbocycles. The van der Waals surface area contributed by atoms with E-state index in [1.165, 1.54) is 0 Å². The molecule has 1 heterocycles. The molecule has 0 unspecified atom stereocenters. The molecule has 2 rings (SSSR count). The van der Waals surface area contributed by atoms with Gasteiger partial charge in [-0.15, -0.1) is 0 Å². The van der Waals surface area contributed by atoms with Crippen LogP contribution in [0.3, 0.4) is 0 Å². The summed E-state index contributed by atoms with van der Waals surface area (Å²) in [6.07, 6.45) is 4.06. The number of carbonyl (C=O) groups excluding carboxylic acids is 3. The van der Waals surface area contributed by atoms with E-state index in [4.69, 9.17) is 9.47 Å². The maximum absolute atomic E-state index is 13.0. The highest BCUT2D eigenvalue weighted by molar-refractivity contribution is 6.76. The van der Waals surface area contributed by atoms with E-state index in [1.807, 2.05) is 12.1 Å². The average molecular weight is 471 g/mol. The molecule has 1 aromatic carbocycles. The first kappa shape index (κ1) is 26.3. The van der Waals surface area contributed by atoms with Crippen molar-refractivity contribution in [1.82, 2.24) is 4.98 Å². The van der Waals surface area contributed by atoms with Crippen LogP contribution in [0.2, 0.25) is 25.7 Å². The Kier molecular flexibility index (Phi) is 10.3. The normalized spacial score (nSPS) is 11.0. The van der Waals surface area contributed by atoms with Gasteiger partial charge in [-0.05, 0) is 49.2 Å². The molecule has 0 radical (unpaired) electrons. The predicted octanol–water partition coefficient (Wildman–Crippen LogP) is 4.84. The van der Waals surface area contributed by atoms with Crippen molar-refractivity contribution in [2.24, 2.45) is 0 Å². The number of amides is 1. The van der Waals surface area contributed by atoms with E-state index in [0.717, 1.165) is 11.6 Å². The molecule has 0 aliphatic heterocycles. The summed E-state index contributed by atoms with van der Waals surface area (Å²) in [5.74, 6) is -0.794. The highest BCUT2D eigenvalue weighted by Crippen LogP contribution is 2.19. The van der Waals surface area contributed by atoms with Crippen molar-refractivity contribution in [3.8, 4) is 0 Å². The molecule has 1 amide bonds. The lowest BCUT2D eigenvalue weighted by atomic mass is 10.1. The second kappa shape index (κ2) is 12.9. The van der Waals surface area contributed by atoms with Crippen LogP contribution in [-0.2, 0) is 25.6 Å². The Hall–Kier alpha value is -3.00. The number of hydrogen-bond donors (Lipinski definition) is 0. The quantitative estimate of drug-likeness (QED) is 0.326. The Bertz CT molecular complexity index is 928. The van der Waals surface area contributed by atoms with Gasteiger partial charge in [0.05, 0.1) is 37.2 Å². The number of aromatic nitrogens is 1. The smallest absolute Gasteiger partial charge is 0.338 e. The Labute approximate surface area is 197 Å². The first-order valence-corrected chi connectivity index (χ1v) is 15.0. The van der Waals surface area contributed by atoms with E-state index < -0.39 is 8.07 Å². The summed E-state index contributed by atoms with van der Waals surface area (Å²) in [6.45, 7) is 9.48. The molecular formula is C25H34N2O5Si. The number of anilines is 1. The summed E-state index contributed by atoms with van der Waals surface area (Å²) in [6, 6.07) is 11.6. The van der Waals surface area contributed by atoms with Crippen molar-refractivity contribution >= 4 is 31.6 Å². The molecule has 8 heteroatoms. The lowest BCUT2D eigenvalue weighted by molar-refractivity contribution is -0.143. The zero-order valence-electron chi connectivity index (χ0n) is 20.0. The van der Waals surface area contributed by atoms with Crippen molar-refractivity contribution in [1.29, 1.82) is 0 Å². The van der Waals surface area contributed by atoms with Gasteiger partial charge in [0.25, 0.3) is 0 Å². The summed E-state index contributed by atoms with van der Waals surface area (Å²) >= 11 is 0. The highest BCUT2D eigenvalue weighted by Gasteiger charge is 2.19. The first-order chi connectivity index (χ1) is 15.7. The van der Waals surface area contributed by atoms with E-state index in [9.17, 15) is 14.4 Å². The van der Waals surface area contributed by atoms with Crippen molar-refractivity contribution in [2.75, 3.05) is 18.1 Å². The molecule has 7 nitrogen and oxygen atoms in total. The van der Waals surface area contributed by atoms with Gasteiger partial charge in [0.1, 0.15) is 0 Å². The maximum atomic E-state index is 13.0. The fourth-order valence-corrected chi connectivity index (χ4v) is 3.82. The van der Waals surface area contributed by atoms with E-state index in [2.05, 4.69) is 24.6 Å². The number of ether oxygens (including phenoxy) is 2. The van der Waals surface area contributed by atoms with E-state index in [1.54, 1.807) is 48.5 Å². The molecule has 1 aromatic heterocycles. The SMILES string of the molecule is CCOC(=O)CCCC(=O)N(Cc1cccc(C(=O)OCC[Si](C)(C)C)c1)c1cccnc1. The third kappa shape index (κ3) is 9.57. The fourth-order valence-electron chi connectivity index (χ4n) is 3.10. The molecule has 178 valence electrons. The van der Waals surface area contributed by atoms with E-state index in [-0.39, 0.29) is 37.2 Å². The Morgan fingerprint density at radius 3 is 2.48 bits per heavy atom. The molecule has 2 aromatic rings. The third-order valence-electron chi connectivity index (χ3n) is 4.92. The molecule has 0 bridgehead atoms. The van der Waals surface area contributed by atoms with Gasteiger partial charge in [-0.1, -0.05) is 31.8 Å². The van der Waals surface area contributed by atoms with Crippen LogP contribution >= 0.6 is 0 Å². The van der Waals surface area contributed by atoms with Crippen LogP contribution in [0.15, 0.2) is 48.8 Å². The van der Waals surface area contributed by atoms with Gasteiger partial charge in [0.2, 0.25) is 5.91 Å². The second-order valence-corrected chi connectivity index (χ2v) is 14.6. The number of hydrogen-bond acceptors (Lipinski definition) is 6. The maximum Gasteiger partial charge on any atom is 0.338 e. The molecular weight excluding hydrogens is 436 g/mol. The molecule has 0 N–H and O–H groups in total. The Morgan fingerprint density at radius 1 is 1.03 bits per heavy atom.